The summed E-state index contributed by atoms with van der Waals surface area (Å²) >= 11 is 3.57. The molecule has 1 aliphatic rings. The zero-order valence-corrected chi connectivity index (χ0v) is 11.4. The number of hydrogen-bond donors (Lipinski definition) is 1. The van der Waals surface area contributed by atoms with Gasteiger partial charge in [-0.2, -0.15) is 0 Å². The molecule has 3 heteroatoms. The van der Waals surface area contributed by atoms with Crippen molar-refractivity contribution in [1.29, 1.82) is 0 Å². The predicted octanol–water partition coefficient (Wildman–Crippen LogP) is 4.06. The number of hydrogen-bond acceptors (Lipinski definition) is 2. The quantitative estimate of drug-likeness (QED) is 0.880. The predicted molar refractivity (Wildman–Crippen MR) is 71.1 cm³/mol. The number of halogens is 1. The van der Waals surface area contributed by atoms with E-state index in [9.17, 15) is 0 Å². The van der Waals surface area contributed by atoms with E-state index in [0.717, 1.165) is 21.8 Å². The molecule has 2 rings (SSSR count). The van der Waals surface area contributed by atoms with E-state index in [-0.39, 0.29) is 0 Å². The van der Waals surface area contributed by atoms with Crippen LogP contribution in [-0.4, -0.2) is 13.2 Å². The van der Waals surface area contributed by atoms with Crippen LogP contribution in [0.4, 0.5) is 5.69 Å². The van der Waals surface area contributed by atoms with Gasteiger partial charge in [0.15, 0.2) is 0 Å². The van der Waals surface area contributed by atoms with Crippen LogP contribution in [-0.2, 0) is 0 Å². The fourth-order valence-corrected chi connectivity index (χ4v) is 2.35. The van der Waals surface area contributed by atoms with Gasteiger partial charge >= 0.3 is 0 Å². The fraction of sp³-hybridized carbons (Fsp3) is 0.538. The summed E-state index contributed by atoms with van der Waals surface area (Å²) in [6.07, 6.45) is 3.91. The van der Waals surface area contributed by atoms with Gasteiger partial charge < -0.3 is 10.1 Å². The van der Waals surface area contributed by atoms with Crippen LogP contribution in [0.5, 0.6) is 5.75 Å². The topological polar surface area (TPSA) is 21.3 Å². The number of benzene rings is 1. The Labute approximate surface area is 106 Å². The lowest BCUT2D eigenvalue weighted by Crippen LogP contribution is -2.20. The lowest BCUT2D eigenvalue weighted by molar-refractivity contribution is 0.415. The third kappa shape index (κ3) is 2.70. The monoisotopic (exact) mass is 283 g/mol. The Balaban J connectivity index is 2.11. The van der Waals surface area contributed by atoms with Crippen LogP contribution in [0.15, 0.2) is 22.7 Å². The summed E-state index contributed by atoms with van der Waals surface area (Å²) in [5.41, 5.74) is 1.14. The lowest BCUT2D eigenvalue weighted by Gasteiger charge is -2.19. The largest absolute Gasteiger partial charge is 0.497 e. The Bertz CT molecular complexity index is 363. The fourth-order valence-electron chi connectivity index (χ4n) is 1.99. The number of anilines is 1. The van der Waals surface area contributed by atoms with Crippen molar-refractivity contribution in [3.63, 3.8) is 0 Å². The lowest BCUT2D eigenvalue weighted by atomic mass is 10.1. The summed E-state index contributed by atoms with van der Waals surface area (Å²) in [7, 11) is 1.70. The molecule has 1 atom stereocenters. The highest BCUT2D eigenvalue weighted by Crippen LogP contribution is 2.37. The van der Waals surface area contributed by atoms with E-state index < -0.39 is 0 Å². The molecule has 2 nitrogen and oxygen atoms in total. The highest BCUT2D eigenvalue weighted by Gasteiger charge is 2.30. The second-order valence-corrected chi connectivity index (χ2v) is 5.20. The first-order valence-electron chi connectivity index (χ1n) is 5.84. The van der Waals surface area contributed by atoms with Crippen LogP contribution < -0.4 is 10.1 Å². The highest BCUT2D eigenvalue weighted by atomic mass is 79.9. The zero-order valence-electron chi connectivity index (χ0n) is 9.79. The molecule has 0 heterocycles. The van der Waals surface area contributed by atoms with Crippen molar-refractivity contribution in [3.8, 4) is 5.75 Å². The summed E-state index contributed by atoms with van der Waals surface area (Å²) in [6.45, 7) is 2.24. The van der Waals surface area contributed by atoms with Gasteiger partial charge in [-0.15, -0.1) is 0 Å². The number of ether oxygens (including phenoxy) is 1. The van der Waals surface area contributed by atoms with Gasteiger partial charge in [0.1, 0.15) is 5.75 Å². The van der Waals surface area contributed by atoms with Gasteiger partial charge in [0, 0.05) is 16.6 Å². The second kappa shape index (κ2) is 5.09. The SMILES string of the molecule is CCC(Nc1cc(OC)ccc1Br)C1CC1. The maximum Gasteiger partial charge on any atom is 0.121 e. The van der Waals surface area contributed by atoms with Gasteiger partial charge in [-0.05, 0) is 53.2 Å². The third-order valence-electron chi connectivity index (χ3n) is 3.15. The molecule has 0 bridgehead atoms. The minimum absolute atomic E-state index is 0.600. The van der Waals surface area contributed by atoms with Crippen molar-refractivity contribution in [1.82, 2.24) is 0 Å². The molecule has 1 aromatic carbocycles. The molecule has 1 aliphatic carbocycles. The number of nitrogens with one attached hydrogen (secondary N) is 1. The van der Waals surface area contributed by atoms with Gasteiger partial charge in [0.2, 0.25) is 0 Å². The van der Waals surface area contributed by atoms with Crippen molar-refractivity contribution in [2.75, 3.05) is 12.4 Å². The summed E-state index contributed by atoms with van der Waals surface area (Å²) in [4.78, 5) is 0. The summed E-state index contributed by atoms with van der Waals surface area (Å²) < 4.78 is 6.34. The smallest absolute Gasteiger partial charge is 0.121 e. The minimum Gasteiger partial charge on any atom is -0.497 e. The van der Waals surface area contributed by atoms with Crippen LogP contribution in [0.25, 0.3) is 0 Å². The highest BCUT2D eigenvalue weighted by molar-refractivity contribution is 9.10. The minimum atomic E-state index is 0.600. The Morgan fingerprint density at radius 3 is 2.81 bits per heavy atom. The maximum atomic E-state index is 5.24. The molecule has 1 unspecified atom stereocenters. The van der Waals surface area contributed by atoms with Crippen LogP contribution in [0, 0.1) is 5.92 Å². The average molecular weight is 284 g/mol. The first kappa shape index (κ1) is 11.8. The first-order valence-corrected chi connectivity index (χ1v) is 6.64. The van der Waals surface area contributed by atoms with Gasteiger partial charge in [0.25, 0.3) is 0 Å². The van der Waals surface area contributed by atoms with E-state index in [1.54, 1.807) is 7.11 Å². The van der Waals surface area contributed by atoms with Gasteiger partial charge in [0.05, 0.1) is 12.8 Å². The zero-order chi connectivity index (χ0) is 11.5. The van der Waals surface area contributed by atoms with Gasteiger partial charge in [-0.25, -0.2) is 0 Å². The molecule has 1 N–H and O–H groups in total. The molecule has 0 saturated heterocycles. The van der Waals surface area contributed by atoms with Crippen molar-refractivity contribution in [2.24, 2.45) is 5.92 Å². The van der Waals surface area contributed by atoms with Crippen LogP contribution in [0.1, 0.15) is 26.2 Å². The third-order valence-corrected chi connectivity index (χ3v) is 3.84. The van der Waals surface area contributed by atoms with E-state index in [4.69, 9.17) is 4.74 Å². The second-order valence-electron chi connectivity index (χ2n) is 4.34. The standard InChI is InChI=1S/C13H18BrNO/c1-3-12(9-4-5-9)15-13-8-10(16-2)6-7-11(13)14/h6-9,12,15H,3-5H2,1-2H3. The normalized spacial score (nSPS) is 16.9. The Kier molecular flexibility index (Phi) is 3.74. The number of rotatable bonds is 5. The van der Waals surface area contributed by atoms with E-state index >= 15 is 0 Å². The van der Waals surface area contributed by atoms with Gasteiger partial charge in [-0.1, -0.05) is 6.92 Å². The molecular formula is C13H18BrNO. The summed E-state index contributed by atoms with van der Waals surface area (Å²) in [6, 6.07) is 6.65. The van der Waals surface area contributed by atoms with E-state index in [0.29, 0.717) is 6.04 Å². The molecule has 1 aromatic rings. The molecule has 0 spiro atoms. The van der Waals surface area contributed by atoms with E-state index in [1.165, 1.54) is 19.3 Å². The van der Waals surface area contributed by atoms with Crippen molar-refractivity contribution >= 4 is 21.6 Å². The van der Waals surface area contributed by atoms with Crippen LogP contribution in [0.2, 0.25) is 0 Å². The average Bonchev–Trinajstić information content (AvgIpc) is 3.12. The Morgan fingerprint density at radius 1 is 1.50 bits per heavy atom. The molecule has 1 fully saturated rings. The molecule has 1 saturated carbocycles. The summed E-state index contributed by atoms with van der Waals surface area (Å²) in [5.74, 6) is 1.76. The maximum absolute atomic E-state index is 5.24. The van der Waals surface area contributed by atoms with Crippen molar-refractivity contribution in [3.05, 3.63) is 22.7 Å². The van der Waals surface area contributed by atoms with Crippen molar-refractivity contribution < 1.29 is 4.74 Å². The number of methoxy groups -OCH3 is 1. The summed E-state index contributed by atoms with van der Waals surface area (Å²) in [5, 5.41) is 3.61. The molecule has 0 radical (unpaired) electrons. The molecular weight excluding hydrogens is 266 g/mol. The molecule has 16 heavy (non-hydrogen) atoms. The molecule has 0 aromatic heterocycles. The van der Waals surface area contributed by atoms with E-state index in [1.807, 2.05) is 12.1 Å². The first-order chi connectivity index (χ1) is 7.74. The molecule has 88 valence electrons. The van der Waals surface area contributed by atoms with E-state index in [2.05, 4.69) is 34.2 Å². The molecule has 0 amide bonds. The Hall–Kier alpha value is -0.700. The van der Waals surface area contributed by atoms with Crippen LogP contribution in [0.3, 0.4) is 0 Å². The van der Waals surface area contributed by atoms with Crippen molar-refractivity contribution in [2.45, 2.75) is 32.2 Å². The molecule has 0 aliphatic heterocycles. The van der Waals surface area contributed by atoms with Gasteiger partial charge in [-0.3, -0.25) is 0 Å². The van der Waals surface area contributed by atoms with Crippen LogP contribution >= 0.6 is 15.9 Å². The Morgan fingerprint density at radius 2 is 2.25 bits per heavy atom.